The molecular formula is C19H25N7O2. The van der Waals surface area contributed by atoms with Gasteiger partial charge in [-0.1, -0.05) is 12.1 Å². The number of morpholine rings is 1. The number of methoxy groups -OCH3 is 1. The molecule has 0 saturated carbocycles. The Hall–Kier alpha value is -2.91. The molecule has 9 heteroatoms. The van der Waals surface area contributed by atoms with Crippen molar-refractivity contribution in [3.8, 4) is 17.0 Å². The van der Waals surface area contributed by atoms with Crippen LogP contribution in [0.2, 0.25) is 0 Å². The summed E-state index contributed by atoms with van der Waals surface area (Å²) in [6.07, 6.45) is 0. The van der Waals surface area contributed by atoms with Crippen molar-refractivity contribution >= 4 is 22.8 Å². The first-order valence-corrected chi connectivity index (χ1v) is 9.34. The molecule has 3 N–H and O–H groups in total. The smallest absolute Gasteiger partial charge is 0.225 e. The number of nitrogens with one attached hydrogen (secondary N) is 1. The molecule has 1 aromatic carbocycles. The highest BCUT2D eigenvalue weighted by Gasteiger charge is 2.18. The van der Waals surface area contributed by atoms with Crippen LogP contribution in [0.1, 0.15) is 0 Å². The van der Waals surface area contributed by atoms with Crippen LogP contribution in [0.4, 0.5) is 11.8 Å². The Morgan fingerprint density at radius 3 is 2.86 bits per heavy atom. The Balaban J connectivity index is 1.64. The molecule has 0 unspecified atom stereocenters. The summed E-state index contributed by atoms with van der Waals surface area (Å²) >= 11 is 0. The molecule has 0 atom stereocenters. The van der Waals surface area contributed by atoms with Gasteiger partial charge in [0.2, 0.25) is 5.95 Å². The highest BCUT2D eigenvalue weighted by atomic mass is 16.5. The zero-order valence-corrected chi connectivity index (χ0v) is 16.2. The maximum atomic E-state index is 6.24. The van der Waals surface area contributed by atoms with E-state index in [1.165, 1.54) is 0 Å². The number of aryl methyl sites for hydroxylation is 1. The highest BCUT2D eigenvalue weighted by molar-refractivity contribution is 5.99. The predicted octanol–water partition coefficient (Wildman–Crippen LogP) is 1.37. The van der Waals surface area contributed by atoms with Gasteiger partial charge in [0, 0.05) is 38.8 Å². The van der Waals surface area contributed by atoms with Crippen molar-refractivity contribution in [1.29, 1.82) is 0 Å². The van der Waals surface area contributed by atoms with Crippen LogP contribution in [0.5, 0.6) is 5.75 Å². The van der Waals surface area contributed by atoms with Crippen LogP contribution >= 0.6 is 0 Å². The second-order valence-electron chi connectivity index (χ2n) is 6.72. The molecule has 0 radical (unpaired) electrons. The monoisotopic (exact) mass is 383 g/mol. The van der Waals surface area contributed by atoms with Crippen LogP contribution in [0.3, 0.4) is 0 Å². The first-order valence-electron chi connectivity index (χ1n) is 9.34. The zero-order valence-electron chi connectivity index (χ0n) is 16.2. The molecule has 9 nitrogen and oxygen atoms in total. The number of benzene rings is 1. The lowest BCUT2D eigenvalue weighted by molar-refractivity contribution is 0.0398. The van der Waals surface area contributed by atoms with E-state index in [1.54, 1.807) is 18.8 Å². The minimum Gasteiger partial charge on any atom is -0.497 e. The summed E-state index contributed by atoms with van der Waals surface area (Å²) in [7, 11) is 3.45. The quantitative estimate of drug-likeness (QED) is 0.658. The third kappa shape index (κ3) is 3.71. The van der Waals surface area contributed by atoms with Gasteiger partial charge < -0.3 is 20.5 Å². The minimum absolute atomic E-state index is 0.535. The Morgan fingerprint density at radius 1 is 1.25 bits per heavy atom. The first kappa shape index (κ1) is 18.5. The molecule has 2 aromatic heterocycles. The van der Waals surface area contributed by atoms with Gasteiger partial charge in [0.25, 0.3) is 0 Å². The summed E-state index contributed by atoms with van der Waals surface area (Å²) in [6.45, 7) is 5.13. The fourth-order valence-electron chi connectivity index (χ4n) is 3.32. The number of nitrogen functional groups attached to an aromatic ring is 1. The number of hydrogen-bond donors (Lipinski definition) is 2. The number of nitrogens with zero attached hydrogens (tertiary/aromatic N) is 5. The normalized spacial score (nSPS) is 15.1. The van der Waals surface area contributed by atoms with Crippen LogP contribution in [-0.4, -0.2) is 71.2 Å². The van der Waals surface area contributed by atoms with Gasteiger partial charge in [0.1, 0.15) is 11.6 Å². The summed E-state index contributed by atoms with van der Waals surface area (Å²) in [5.74, 6) is 1.83. The van der Waals surface area contributed by atoms with E-state index >= 15 is 0 Å². The van der Waals surface area contributed by atoms with Gasteiger partial charge in [0.05, 0.1) is 31.4 Å². The van der Waals surface area contributed by atoms with E-state index in [2.05, 4.69) is 20.3 Å². The molecule has 28 heavy (non-hydrogen) atoms. The lowest BCUT2D eigenvalue weighted by atomic mass is 10.1. The van der Waals surface area contributed by atoms with Crippen LogP contribution in [0.15, 0.2) is 24.3 Å². The van der Waals surface area contributed by atoms with Gasteiger partial charge in [-0.2, -0.15) is 10.1 Å². The van der Waals surface area contributed by atoms with E-state index in [9.17, 15) is 0 Å². The highest BCUT2D eigenvalue weighted by Crippen LogP contribution is 2.32. The molecule has 0 spiro atoms. The standard InChI is InChI=1S/C19H25N7O2/c1-25-17(20)15-16(13-4-3-5-14(12-13)27-2)22-19(23-18(15)24-25)21-6-7-26-8-10-28-11-9-26/h3-5,12H,6-11,20H2,1-2H3,(H,21,23,24). The van der Waals surface area contributed by atoms with Crippen LogP contribution in [-0.2, 0) is 11.8 Å². The molecule has 3 aromatic rings. The predicted molar refractivity (Wildman–Crippen MR) is 108 cm³/mol. The molecule has 1 saturated heterocycles. The molecule has 4 rings (SSSR count). The zero-order chi connectivity index (χ0) is 19.5. The van der Waals surface area contributed by atoms with Crippen molar-refractivity contribution in [2.45, 2.75) is 0 Å². The summed E-state index contributed by atoms with van der Waals surface area (Å²) in [5.41, 5.74) is 8.46. The summed E-state index contributed by atoms with van der Waals surface area (Å²) in [6, 6.07) is 7.75. The van der Waals surface area contributed by atoms with Crippen molar-refractivity contribution in [2.75, 3.05) is 57.6 Å². The average Bonchev–Trinajstić information content (AvgIpc) is 3.02. The molecular weight excluding hydrogens is 358 g/mol. The SMILES string of the molecule is COc1cccc(-c2nc(NCCN3CCOCC3)nc3nn(C)c(N)c23)c1. The van der Waals surface area contributed by atoms with Gasteiger partial charge >= 0.3 is 0 Å². The maximum Gasteiger partial charge on any atom is 0.225 e. The molecule has 0 bridgehead atoms. The summed E-state index contributed by atoms with van der Waals surface area (Å²) in [4.78, 5) is 11.7. The number of aromatic nitrogens is 4. The van der Waals surface area contributed by atoms with Gasteiger partial charge in [0.15, 0.2) is 5.65 Å². The Morgan fingerprint density at radius 2 is 2.07 bits per heavy atom. The second-order valence-corrected chi connectivity index (χ2v) is 6.72. The van der Waals surface area contributed by atoms with Crippen molar-refractivity contribution < 1.29 is 9.47 Å². The van der Waals surface area contributed by atoms with E-state index in [0.29, 0.717) is 17.4 Å². The minimum atomic E-state index is 0.535. The van der Waals surface area contributed by atoms with Crippen LogP contribution < -0.4 is 15.8 Å². The molecule has 0 amide bonds. The number of anilines is 2. The van der Waals surface area contributed by atoms with E-state index in [4.69, 9.17) is 20.2 Å². The van der Waals surface area contributed by atoms with E-state index in [0.717, 1.165) is 61.8 Å². The number of rotatable bonds is 6. The van der Waals surface area contributed by atoms with Crippen molar-refractivity contribution in [3.05, 3.63) is 24.3 Å². The molecule has 1 aliphatic rings. The van der Waals surface area contributed by atoms with Crippen molar-refractivity contribution in [2.24, 2.45) is 7.05 Å². The summed E-state index contributed by atoms with van der Waals surface area (Å²) in [5, 5.41) is 8.51. The van der Waals surface area contributed by atoms with Gasteiger partial charge in [-0.25, -0.2) is 4.98 Å². The van der Waals surface area contributed by atoms with E-state index in [1.807, 2.05) is 24.3 Å². The third-order valence-electron chi connectivity index (χ3n) is 4.90. The fraction of sp³-hybridized carbons (Fsp3) is 0.421. The Kier molecular flexibility index (Phi) is 5.27. The fourth-order valence-corrected chi connectivity index (χ4v) is 3.32. The van der Waals surface area contributed by atoms with Crippen molar-refractivity contribution in [3.63, 3.8) is 0 Å². The van der Waals surface area contributed by atoms with E-state index in [-0.39, 0.29) is 0 Å². The van der Waals surface area contributed by atoms with Crippen LogP contribution in [0.25, 0.3) is 22.3 Å². The van der Waals surface area contributed by atoms with Gasteiger partial charge in [-0.05, 0) is 12.1 Å². The Labute approximate surface area is 163 Å². The molecule has 3 heterocycles. The third-order valence-corrected chi connectivity index (χ3v) is 4.90. The molecule has 1 fully saturated rings. The van der Waals surface area contributed by atoms with Crippen LogP contribution in [0, 0.1) is 0 Å². The molecule has 148 valence electrons. The topological polar surface area (TPSA) is 103 Å². The van der Waals surface area contributed by atoms with Crippen molar-refractivity contribution in [1.82, 2.24) is 24.6 Å². The maximum absolute atomic E-state index is 6.24. The number of hydrogen-bond acceptors (Lipinski definition) is 8. The average molecular weight is 383 g/mol. The van der Waals surface area contributed by atoms with Gasteiger partial charge in [-0.15, -0.1) is 0 Å². The summed E-state index contributed by atoms with van der Waals surface area (Å²) < 4.78 is 12.4. The van der Waals surface area contributed by atoms with Gasteiger partial charge in [-0.3, -0.25) is 9.58 Å². The lowest BCUT2D eigenvalue weighted by Crippen LogP contribution is -2.39. The molecule has 1 aliphatic heterocycles. The second kappa shape index (κ2) is 7.99. The molecule has 0 aliphatic carbocycles. The number of nitrogens with two attached hydrogens (primary N) is 1. The Bertz CT molecular complexity index is 966. The van der Waals surface area contributed by atoms with E-state index < -0.39 is 0 Å². The number of ether oxygens (including phenoxy) is 2. The first-order chi connectivity index (χ1) is 13.7. The number of fused-ring (bicyclic) bond motifs is 1. The lowest BCUT2D eigenvalue weighted by Gasteiger charge is -2.26. The largest absolute Gasteiger partial charge is 0.497 e.